The zero-order chi connectivity index (χ0) is 25.9. The van der Waals surface area contributed by atoms with Gasteiger partial charge in [0.25, 0.3) is 0 Å². The Hall–Kier alpha value is -2.84. The predicted molar refractivity (Wildman–Crippen MR) is 142 cm³/mol. The molecule has 2 amide bonds. The molecule has 8 heteroatoms. The van der Waals surface area contributed by atoms with Crippen LogP contribution in [0.1, 0.15) is 38.8 Å². The van der Waals surface area contributed by atoms with Crippen molar-refractivity contribution in [1.82, 2.24) is 15.1 Å². The van der Waals surface area contributed by atoms with E-state index in [2.05, 4.69) is 24.1 Å². The number of para-hydroxylation sites is 1. The number of carbonyl (C=O) groups is 3. The fourth-order valence-electron chi connectivity index (χ4n) is 4.92. The van der Waals surface area contributed by atoms with Gasteiger partial charge in [-0.2, -0.15) is 0 Å². The molecule has 0 radical (unpaired) electrons. The van der Waals surface area contributed by atoms with Crippen LogP contribution in [0.5, 0.6) is 5.75 Å². The molecule has 36 heavy (non-hydrogen) atoms. The number of β-lactam (4-membered cyclic amide) rings is 1. The molecule has 2 aliphatic heterocycles. The van der Waals surface area contributed by atoms with E-state index in [9.17, 15) is 14.4 Å². The first-order valence-electron chi connectivity index (χ1n) is 12.6. The number of rotatable bonds is 10. The third-order valence-electron chi connectivity index (χ3n) is 6.96. The Morgan fingerprint density at radius 1 is 1.06 bits per heavy atom. The van der Waals surface area contributed by atoms with Gasteiger partial charge in [-0.15, -0.1) is 11.8 Å². The number of nitrogens with zero attached hydrogens (tertiary/aromatic N) is 2. The average Bonchev–Trinajstić information content (AvgIpc) is 3.12. The summed E-state index contributed by atoms with van der Waals surface area (Å²) in [7, 11) is 0. The van der Waals surface area contributed by atoms with E-state index in [-0.39, 0.29) is 23.6 Å². The van der Waals surface area contributed by atoms with Gasteiger partial charge >= 0.3 is 5.97 Å². The van der Waals surface area contributed by atoms with Crippen LogP contribution in [0.4, 0.5) is 0 Å². The maximum atomic E-state index is 13.4. The molecule has 1 N–H and O–H groups in total. The summed E-state index contributed by atoms with van der Waals surface area (Å²) in [5, 5.41) is 2.58. The van der Waals surface area contributed by atoms with Crippen LogP contribution in [0.2, 0.25) is 0 Å². The lowest BCUT2D eigenvalue weighted by atomic mass is 9.95. The number of hydrogen-bond acceptors (Lipinski definition) is 6. The second-order valence-electron chi connectivity index (χ2n) is 9.77. The molecule has 0 aromatic heterocycles. The average molecular weight is 510 g/mol. The zero-order valence-corrected chi connectivity index (χ0v) is 22.2. The molecule has 2 aromatic carbocycles. The van der Waals surface area contributed by atoms with E-state index in [1.165, 1.54) is 11.8 Å². The first-order valence-corrected chi connectivity index (χ1v) is 13.5. The molecule has 0 unspecified atom stereocenters. The minimum atomic E-state index is -0.724. The highest BCUT2D eigenvalue weighted by atomic mass is 32.2. The second kappa shape index (κ2) is 11.0. The highest BCUT2D eigenvalue weighted by Gasteiger charge is 2.64. The number of likely N-dealkylation sites (N-methyl/N-ethyl adjacent to an activating group) is 1. The topological polar surface area (TPSA) is 79.0 Å². The lowest BCUT2D eigenvalue weighted by molar-refractivity contribution is -0.159. The van der Waals surface area contributed by atoms with E-state index in [1.807, 2.05) is 68.4 Å². The summed E-state index contributed by atoms with van der Waals surface area (Å²) in [5.41, 5.74) is 1.86. The molecular weight excluding hydrogens is 474 g/mol. The van der Waals surface area contributed by atoms with Gasteiger partial charge in [0.15, 0.2) is 0 Å². The van der Waals surface area contributed by atoms with Crippen molar-refractivity contribution in [2.45, 2.75) is 62.7 Å². The largest absolute Gasteiger partial charge is 0.425 e. The van der Waals surface area contributed by atoms with E-state index < -0.39 is 22.8 Å². The Balaban J connectivity index is 1.42. The van der Waals surface area contributed by atoms with E-state index in [1.54, 1.807) is 4.90 Å². The molecule has 2 heterocycles. The van der Waals surface area contributed by atoms with E-state index in [4.69, 9.17) is 4.74 Å². The summed E-state index contributed by atoms with van der Waals surface area (Å²) >= 11 is 1.53. The Labute approximate surface area is 217 Å². The second-order valence-corrected chi connectivity index (χ2v) is 11.5. The fourth-order valence-corrected chi connectivity index (χ4v) is 6.55. The number of benzene rings is 2. The summed E-state index contributed by atoms with van der Waals surface area (Å²) < 4.78 is 5.36. The summed E-state index contributed by atoms with van der Waals surface area (Å²) in [4.78, 5) is 43.0. The third-order valence-corrected chi connectivity index (χ3v) is 8.53. The number of amides is 2. The number of nitrogens with one attached hydrogen (secondary N) is 1. The summed E-state index contributed by atoms with van der Waals surface area (Å²) in [6.45, 7) is 11.0. The predicted octanol–water partition coefficient (Wildman–Crippen LogP) is 3.27. The maximum Gasteiger partial charge on any atom is 0.335 e. The maximum absolute atomic E-state index is 13.4. The molecular formula is C28H35N3O4S. The highest BCUT2D eigenvalue weighted by Crippen LogP contribution is 2.51. The van der Waals surface area contributed by atoms with Gasteiger partial charge in [-0.3, -0.25) is 9.59 Å². The molecule has 0 spiro atoms. The van der Waals surface area contributed by atoms with Gasteiger partial charge in [0, 0.05) is 11.3 Å². The van der Waals surface area contributed by atoms with Gasteiger partial charge in [0.2, 0.25) is 11.8 Å². The fraction of sp³-hybridized carbons (Fsp3) is 0.464. The molecule has 2 saturated heterocycles. The van der Waals surface area contributed by atoms with Gasteiger partial charge < -0.3 is 19.9 Å². The van der Waals surface area contributed by atoms with Crippen molar-refractivity contribution in [2.24, 2.45) is 0 Å². The standard InChI is InChI=1S/C28H35N3O4S/c1-5-30(6-2)17-16-20-14-10-11-15-21(20)35-27(34)24-28(3,4)36-26-23(25(33)31(24)26)29-22(32)18-19-12-8-7-9-13-19/h7-15,23-24,26H,5-6,16-18H2,1-4H3,(H,29,32)/t23-,24+,26-/m1/s1. The van der Waals surface area contributed by atoms with Crippen LogP contribution >= 0.6 is 11.8 Å². The van der Waals surface area contributed by atoms with Crippen LogP contribution in [-0.2, 0) is 27.2 Å². The van der Waals surface area contributed by atoms with Gasteiger partial charge in [-0.05, 0) is 50.6 Å². The minimum absolute atomic E-state index is 0.203. The number of carbonyl (C=O) groups excluding carboxylic acids is 3. The quantitative estimate of drug-likeness (QED) is 0.301. The molecule has 3 atom stereocenters. The molecule has 2 aliphatic rings. The molecule has 0 bridgehead atoms. The van der Waals surface area contributed by atoms with E-state index >= 15 is 0 Å². The minimum Gasteiger partial charge on any atom is -0.425 e. The number of fused-ring (bicyclic) bond motifs is 1. The van der Waals surface area contributed by atoms with Crippen molar-refractivity contribution >= 4 is 29.5 Å². The number of esters is 1. The van der Waals surface area contributed by atoms with E-state index in [0.29, 0.717) is 5.75 Å². The summed E-state index contributed by atoms with van der Waals surface area (Å²) in [6, 6.07) is 15.7. The molecule has 7 nitrogen and oxygen atoms in total. The Morgan fingerprint density at radius 2 is 1.72 bits per heavy atom. The number of ether oxygens (including phenoxy) is 1. The molecule has 0 aliphatic carbocycles. The van der Waals surface area contributed by atoms with Crippen molar-refractivity contribution in [2.75, 3.05) is 19.6 Å². The van der Waals surface area contributed by atoms with Crippen LogP contribution in [-0.4, -0.2) is 69.4 Å². The molecule has 4 rings (SSSR count). The van der Waals surface area contributed by atoms with Crippen molar-refractivity contribution < 1.29 is 19.1 Å². The SMILES string of the molecule is CCN(CC)CCc1ccccc1OC(=O)[C@@H]1N2C(=O)[C@@H](NC(=O)Cc3ccccc3)[C@H]2SC1(C)C. The lowest BCUT2D eigenvalue weighted by Crippen LogP contribution is -2.71. The monoisotopic (exact) mass is 509 g/mol. The molecule has 192 valence electrons. The van der Waals surface area contributed by atoms with Crippen molar-refractivity contribution in [3.63, 3.8) is 0 Å². The van der Waals surface area contributed by atoms with Gasteiger partial charge in [-0.25, -0.2) is 4.79 Å². The Bertz CT molecular complexity index is 1100. The number of thioether (sulfide) groups is 1. The van der Waals surface area contributed by atoms with Crippen molar-refractivity contribution in [1.29, 1.82) is 0 Å². The highest BCUT2D eigenvalue weighted by molar-refractivity contribution is 8.01. The van der Waals surface area contributed by atoms with Crippen LogP contribution in [0.3, 0.4) is 0 Å². The van der Waals surface area contributed by atoms with Crippen LogP contribution in [0.15, 0.2) is 54.6 Å². The normalized spacial score (nSPS) is 22.2. The van der Waals surface area contributed by atoms with Crippen LogP contribution in [0, 0.1) is 0 Å². The summed E-state index contributed by atoms with van der Waals surface area (Å²) in [6.07, 6.45) is 0.982. The van der Waals surface area contributed by atoms with Gasteiger partial charge in [0.05, 0.1) is 6.42 Å². The van der Waals surface area contributed by atoms with Crippen molar-refractivity contribution in [3.05, 3.63) is 65.7 Å². The molecule has 2 fully saturated rings. The van der Waals surface area contributed by atoms with Gasteiger partial charge in [0.1, 0.15) is 23.2 Å². The molecule has 0 saturated carbocycles. The number of hydrogen-bond donors (Lipinski definition) is 1. The first-order chi connectivity index (χ1) is 17.2. The van der Waals surface area contributed by atoms with Gasteiger partial charge in [-0.1, -0.05) is 62.4 Å². The zero-order valence-electron chi connectivity index (χ0n) is 21.4. The van der Waals surface area contributed by atoms with E-state index in [0.717, 1.165) is 37.2 Å². The Kier molecular flexibility index (Phi) is 8.05. The summed E-state index contributed by atoms with van der Waals surface area (Å²) in [5.74, 6) is -0.339. The molecule has 2 aromatic rings. The smallest absolute Gasteiger partial charge is 0.335 e. The first kappa shape index (κ1) is 26.2. The van der Waals surface area contributed by atoms with Crippen molar-refractivity contribution in [3.8, 4) is 5.75 Å². The van der Waals surface area contributed by atoms with Crippen LogP contribution in [0.25, 0.3) is 0 Å². The third kappa shape index (κ3) is 5.44. The lowest BCUT2D eigenvalue weighted by Gasteiger charge is -2.44. The van der Waals surface area contributed by atoms with Crippen LogP contribution < -0.4 is 10.1 Å². The Morgan fingerprint density at radius 3 is 2.42 bits per heavy atom.